The number of rotatable bonds is 5. The highest BCUT2D eigenvalue weighted by Gasteiger charge is 2.06. The van der Waals surface area contributed by atoms with Crippen LogP contribution in [0, 0.1) is 6.92 Å². The topological polar surface area (TPSA) is 42.0 Å². The monoisotopic (exact) mass is 242 g/mol. The molecule has 0 radical (unpaired) electrons. The van der Waals surface area contributed by atoms with Gasteiger partial charge in [0, 0.05) is 29.6 Å². The third-order valence-corrected chi connectivity index (χ3v) is 2.93. The Morgan fingerprint density at radius 3 is 2.89 bits per heavy atom. The van der Waals surface area contributed by atoms with Gasteiger partial charge >= 0.3 is 0 Å². The number of Topliss-reactive ketones (excluding diaryl/α,β-unsaturated/α-hetero) is 1. The van der Waals surface area contributed by atoms with Crippen LogP contribution in [0.25, 0.3) is 10.9 Å². The van der Waals surface area contributed by atoms with Crippen molar-refractivity contribution < 1.29 is 4.79 Å². The first-order valence-electron chi connectivity index (χ1n) is 6.32. The van der Waals surface area contributed by atoms with Gasteiger partial charge in [0.05, 0.1) is 5.52 Å². The summed E-state index contributed by atoms with van der Waals surface area (Å²) < 4.78 is 0. The van der Waals surface area contributed by atoms with Crippen LogP contribution in [-0.4, -0.2) is 23.9 Å². The van der Waals surface area contributed by atoms with Crippen LogP contribution >= 0.6 is 0 Å². The van der Waals surface area contributed by atoms with Crippen LogP contribution in [0.4, 0.5) is 0 Å². The summed E-state index contributed by atoms with van der Waals surface area (Å²) in [5, 5.41) is 4.18. The van der Waals surface area contributed by atoms with E-state index >= 15 is 0 Å². The molecule has 0 aliphatic rings. The molecule has 1 aromatic carbocycles. The predicted molar refractivity (Wildman–Crippen MR) is 74.0 cm³/mol. The van der Waals surface area contributed by atoms with Crippen molar-refractivity contribution >= 4 is 16.7 Å². The van der Waals surface area contributed by atoms with E-state index in [0.717, 1.165) is 35.2 Å². The third-order valence-electron chi connectivity index (χ3n) is 2.93. The average molecular weight is 242 g/mol. The fraction of sp³-hybridized carbons (Fsp3) is 0.333. The van der Waals surface area contributed by atoms with E-state index < -0.39 is 0 Å². The van der Waals surface area contributed by atoms with Crippen LogP contribution in [0.15, 0.2) is 30.3 Å². The van der Waals surface area contributed by atoms with E-state index in [-0.39, 0.29) is 5.78 Å². The lowest BCUT2D eigenvalue weighted by Crippen LogP contribution is -2.17. The number of carbonyl (C=O) groups excluding carboxylic acids is 1. The first-order valence-corrected chi connectivity index (χ1v) is 6.32. The molecular weight excluding hydrogens is 224 g/mol. The minimum atomic E-state index is 0.179. The fourth-order valence-electron chi connectivity index (χ4n) is 1.92. The molecule has 94 valence electrons. The first kappa shape index (κ1) is 12.7. The van der Waals surface area contributed by atoms with Gasteiger partial charge in [-0.25, -0.2) is 0 Å². The van der Waals surface area contributed by atoms with Gasteiger partial charge in [0.15, 0.2) is 5.78 Å². The Morgan fingerprint density at radius 1 is 1.28 bits per heavy atom. The van der Waals surface area contributed by atoms with E-state index in [2.05, 4.69) is 10.3 Å². The maximum absolute atomic E-state index is 12.0. The molecule has 0 fully saturated rings. The van der Waals surface area contributed by atoms with E-state index in [9.17, 15) is 4.79 Å². The Labute approximate surface area is 107 Å². The number of benzene rings is 1. The highest BCUT2D eigenvalue weighted by atomic mass is 16.1. The summed E-state index contributed by atoms with van der Waals surface area (Å²) in [5.74, 6) is 0.179. The smallest absolute Gasteiger partial charge is 0.164 e. The molecule has 3 nitrogen and oxygen atoms in total. The lowest BCUT2D eigenvalue weighted by atomic mass is 10.1. The van der Waals surface area contributed by atoms with E-state index in [1.165, 1.54) is 0 Å². The molecule has 3 heteroatoms. The second kappa shape index (κ2) is 5.74. The summed E-state index contributed by atoms with van der Waals surface area (Å²) in [4.78, 5) is 16.4. The van der Waals surface area contributed by atoms with Gasteiger partial charge < -0.3 is 5.32 Å². The highest BCUT2D eigenvalue weighted by molar-refractivity contribution is 5.99. The first-order chi connectivity index (χ1) is 8.70. The Balaban J connectivity index is 2.19. The average Bonchev–Trinajstić information content (AvgIpc) is 2.38. The number of hydrogen-bond donors (Lipinski definition) is 1. The number of carbonyl (C=O) groups is 1. The van der Waals surface area contributed by atoms with Crippen molar-refractivity contribution in [1.29, 1.82) is 0 Å². The highest BCUT2D eigenvalue weighted by Crippen LogP contribution is 2.15. The number of nitrogens with one attached hydrogen (secondary N) is 1. The number of ketones is 1. The molecule has 1 aromatic heterocycles. The summed E-state index contributed by atoms with van der Waals surface area (Å²) in [6.45, 7) is 5.64. The molecule has 0 saturated carbocycles. The fourth-order valence-corrected chi connectivity index (χ4v) is 1.92. The van der Waals surface area contributed by atoms with Gasteiger partial charge in [-0.2, -0.15) is 0 Å². The van der Waals surface area contributed by atoms with Crippen LogP contribution in [0.2, 0.25) is 0 Å². The molecule has 2 rings (SSSR count). The molecular formula is C15H18N2O. The zero-order valence-electron chi connectivity index (χ0n) is 10.9. The largest absolute Gasteiger partial charge is 0.317 e. The van der Waals surface area contributed by atoms with Gasteiger partial charge in [-0.3, -0.25) is 9.78 Å². The summed E-state index contributed by atoms with van der Waals surface area (Å²) in [6.07, 6.45) is 0.540. The number of pyridine rings is 1. The van der Waals surface area contributed by atoms with Crippen LogP contribution in [0.3, 0.4) is 0 Å². The molecule has 0 spiro atoms. The standard InChI is InChI=1S/C15H18N2O/c1-3-16-9-8-15(18)13-6-7-14-12(10-13)5-4-11(2)17-14/h4-7,10,16H,3,8-9H2,1-2H3. The molecule has 0 amide bonds. The minimum absolute atomic E-state index is 0.179. The summed E-state index contributed by atoms with van der Waals surface area (Å²) in [5.41, 5.74) is 2.71. The van der Waals surface area contributed by atoms with Crippen molar-refractivity contribution in [2.24, 2.45) is 0 Å². The van der Waals surface area contributed by atoms with Gasteiger partial charge in [-0.15, -0.1) is 0 Å². The quantitative estimate of drug-likeness (QED) is 0.647. The zero-order valence-corrected chi connectivity index (χ0v) is 10.9. The Hall–Kier alpha value is -1.74. The molecule has 2 aromatic rings. The van der Waals surface area contributed by atoms with Crippen molar-refractivity contribution in [1.82, 2.24) is 10.3 Å². The summed E-state index contributed by atoms with van der Waals surface area (Å²) in [6, 6.07) is 9.69. The second-order valence-corrected chi connectivity index (χ2v) is 4.39. The number of hydrogen-bond acceptors (Lipinski definition) is 3. The number of aromatic nitrogens is 1. The van der Waals surface area contributed by atoms with Gasteiger partial charge in [0.1, 0.15) is 0 Å². The normalized spacial score (nSPS) is 10.8. The molecule has 18 heavy (non-hydrogen) atoms. The van der Waals surface area contributed by atoms with Crippen molar-refractivity contribution in [2.45, 2.75) is 20.3 Å². The Bertz CT molecular complexity index is 563. The molecule has 0 aliphatic carbocycles. The predicted octanol–water partition coefficient (Wildman–Crippen LogP) is 2.73. The van der Waals surface area contributed by atoms with Gasteiger partial charge in [-0.05, 0) is 37.7 Å². The maximum Gasteiger partial charge on any atom is 0.164 e. The van der Waals surface area contributed by atoms with Gasteiger partial charge in [0.2, 0.25) is 0 Å². The third kappa shape index (κ3) is 2.93. The van der Waals surface area contributed by atoms with E-state index in [1.54, 1.807) is 0 Å². The Kier molecular flexibility index (Phi) is 4.05. The summed E-state index contributed by atoms with van der Waals surface area (Å²) >= 11 is 0. The van der Waals surface area contributed by atoms with Crippen molar-refractivity contribution in [3.05, 3.63) is 41.6 Å². The van der Waals surface area contributed by atoms with Crippen LogP contribution in [-0.2, 0) is 0 Å². The maximum atomic E-state index is 12.0. The van der Waals surface area contributed by atoms with Crippen molar-refractivity contribution in [3.63, 3.8) is 0 Å². The number of fused-ring (bicyclic) bond motifs is 1. The lowest BCUT2D eigenvalue weighted by Gasteiger charge is -2.04. The second-order valence-electron chi connectivity index (χ2n) is 4.39. The van der Waals surface area contributed by atoms with Crippen LogP contribution < -0.4 is 5.32 Å². The van der Waals surface area contributed by atoms with Gasteiger partial charge in [0.25, 0.3) is 0 Å². The molecule has 1 N–H and O–H groups in total. The van der Waals surface area contributed by atoms with Crippen LogP contribution in [0.1, 0.15) is 29.4 Å². The minimum Gasteiger partial charge on any atom is -0.317 e. The summed E-state index contributed by atoms with van der Waals surface area (Å²) in [7, 11) is 0. The number of nitrogens with zero attached hydrogens (tertiary/aromatic N) is 1. The SMILES string of the molecule is CCNCCC(=O)c1ccc2nc(C)ccc2c1. The van der Waals surface area contributed by atoms with Crippen molar-refractivity contribution in [2.75, 3.05) is 13.1 Å². The van der Waals surface area contributed by atoms with Crippen molar-refractivity contribution in [3.8, 4) is 0 Å². The molecule has 0 bridgehead atoms. The zero-order chi connectivity index (χ0) is 13.0. The Morgan fingerprint density at radius 2 is 2.11 bits per heavy atom. The molecule has 1 heterocycles. The van der Waals surface area contributed by atoms with Crippen LogP contribution in [0.5, 0.6) is 0 Å². The lowest BCUT2D eigenvalue weighted by molar-refractivity contribution is 0.0983. The molecule has 0 atom stereocenters. The van der Waals surface area contributed by atoms with E-state index in [1.807, 2.05) is 44.2 Å². The van der Waals surface area contributed by atoms with E-state index in [4.69, 9.17) is 0 Å². The van der Waals surface area contributed by atoms with Gasteiger partial charge in [-0.1, -0.05) is 13.0 Å². The molecule has 0 unspecified atom stereocenters. The molecule has 0 saturated heterocycles. The van der Waals surface area contributed by atoms with E-state index in [0.29, 0.717) is 6.42 Å². The number of aryl methyl sites for hydroxylation is 1. The molecule has 0 aliphatic heterocycles.